The van der Waals surface area contributed by atoms with E-state index in [0.29, 0.717) is 24.3 Å². The van der Waals surface area contributed by atoms with Crippen LogP contribution in [-0.4, -0.2) is 36.2 Å². The number of nitrogens with zero attached hydrogens (tertiary/aromatic N) is 5. The summed E-state index contributed by atoms with van der Waals surface area (Å²) in [6, 6.07) is 10.8. The molecule has 2 saturated carbocycles. The lowest BCUT2D eigenvalue weighted by atomic mass is 10.2. The topological polar surface area (TPSA) is 77.6 Å². The van der Waals surface area contributed by atoms with Crippen LogP contribution in [0.2, 0.25) is 0 Å². The van der Waals surface area contributed by atoms with Gasteiger partial charge in [0.2, 0.25) is 5.91 Å². The van der Waals surface area contributed by atoms with Gasteiger partial charge in [0.15, 0.2) is 5.16 Å². The van der Waals surface area contributed by atoms with Crippen LogP contribution in [0.25, 0.3) is 0 Å². The number of hydrogen-bond donors (Lipinski definition) is 1. The number of thioether (sulfide) groups is 1. The molecule has 2 aliphatic carbocycles. The Hall–Kier alpha value is -2.61. The van der Waals surface area contributed by atoms with Crippen LogP contribution < -0.4 is 5.32 Å². The average molecular weight is 437 g/mol. The largest absolute Gasteiger partial charge is 0.351 e. The molecule has 0 aliphatic heterocycles. The zero-order valence-corrected chi connectivity index (χ0v) is 18.9. The highest BCUT2D eigenvalue weighted by Gasteiger charge is 2.36. The molecule has 0 spiro atoms. The van der Waals surface area contributed by atoms with Gasteiger partial charge in [0.25, 0.3) is 0 Å². The van der Waals surface area contributed by atoms with Crippen LogP contribution in [0, 0.1) is 13.8 Å². The van der Waals surface area contributed by atoms with Crippen LogP contribution in [0.5, 0.6) is 0 Å². The minimum Gasteiger partial charge on any atom is -0.351 e. The molecule has 0 unspecified atom stereocenters. The molecule has 2 fully saturated rings. The Kier molecular flexibility index (Phi) is 5.56. The number of rotatable bonds is 9. The third-order valence-electron chi connectivity index (χ3n) is 6.05. The SMILES string of the molecule is Cc1nn(Cc2ccccc2)c(C)c1CNC(=O)CSc1nnc(C2CC2)n1C1CC1. The van der Waals surface area contributed by atoms with E-state index in [2.05, 4.69) is 44.2 Å². The van der Waals surface area contributed by atoms with Crippen LogP contribution in [0.15, 0.2) is 35.5 Å². The van der Waals surface area contributed by atoms with Gasteiger partial charge >= 0.3 is 0 Å². The highest BCUT2D eigenvalue weighted by Crippen LogP contribution is 2.45. The van der Waals surface area contributed by atoms with E-state index < -0.39 is 0 Å². The fourth-order valence-electron chi connectivity index (χ4n) is 3.95. The van der Waals surface area contributed by atoms with Crippen LogP contribution in [0.3, 0.4) is 0 Å². The molecule has 1 N–H and O–H groups in total. The maximum atomic E-state index is 12.5. The van der Waals surface area contributed by atoms with E-state index in [1.807, 2.05) is 29.8 Å². The summed E-state index contributed by atoms with van der Waals surface area (Å²) >= 11 is 1.50. The van der Waals surface area contributed by atoms with Crippen molar-refractivity contribution in [3.63, 3.8) is 0 Å². The Bertz CT molecular complexity index is 1080. The van der Waals surface area contributed by atoms with E-state index >= 15 is 0 Å². The highest BCUT2D eigenvalue weighted by molar-refractivity contribution is 7.99. The fourth-order valence-corrected chi connectivity index (χ4v) is 4.79. The summed E-state index contributed by atoms with van der Waals surface area (Å²) in [4.78, 5) is 12.5. The van der Waals surface area contributed by atoms with Gasteiger partial charge in [-0.1, -0.05) is 42.1 Å². The minimum absolute atomic E-state index is 0.0120. The van der Waals surface area contributed by atoms with Crippen LogP contribution >= 0.6 is 11.8 Å². The summed E-state index contributed by atoms with van der Waals surface area (Å²) in [5.41, 5.74) is 4.36. The van der Waals surface area contributed by atoms with Crippen LogP contribution in [0.4, 0.5) is 0 Å². The molecule has 7 nitrogen and oxygen atoms in total. The van der Waals surface area contributed by atoms with Crippen molar-refractivity contribution in [2.45, 2.75) is 69.7 Å². The Labute approximate surface area is 186 Å². The zero-order valence-electron chi connectivity index (χ0n) is 18.0. The molecule has 8 heteroatoms. The quantitative estimate of drug-likeness (QED) is 0.517. The van der Waals surface area contributed by atoms with Gasteiger partial charge in [0.1, 0.15) is 5.82 Å². The molecular weight excluding hydrogens is 408 g/mol. The molecule has 162 valence electrons. The number of aromatic nitrogens is 5. The molecule has 31 heavy (non-hydrogen) atoms. The monoisotopic (exact) mass is 436 g/mol. The zero-order chi connectivity index (χ0) is 21.4. The number of nitrogens with one attached hydrogen (secondary N) is 1. The van der Waals surface area contributed by atoms with Crippen molar-refractivity contribution < 1.29 is 4.79 Å². The van der Waals surface area contributed by atoms with Crippen LogP contribution in [0.1, 0.15) is 66.0 Å². The first kappa shape index (κ1) is 20.3. The van der Waals surface area contributed by atoms with E-state index in [1.54, 1.807) is 0 Å². The average Bonchev–Trinajstić information content (AvgIpc) is 3.70. The Morgan fingerprint density at radius 1 is 1.13 bits per heavy atom. The number of hydrogen-bond acceptors (Lipinski definition) is 5. The fraction of sp³-hybridized carbons (Fsp3) is 0.478. The lowest BCUT2D eigenvalue weighted by Gasteiger charge is -2.09. The van der Waals surface area contributed by atoms with Gasteiger partial charge in [-0.25, -0.2) is 0 Å². The maximum absolute atomic E-state index is 12.5. The molecular formula is C23H28N6OS. The van der Waals surface area contributed by atoms with Gasteiger partial charge in [0.05, 0.1) is 18.0 Å². The molecule has 0 atom stereocenters. The lowest BCUT2D eigenvalue weighted by Crippen LogP contribution is -2.25. The third kappa shape index (κ3) is 4.54. The predicted octanol–water partition coefficient (Wildman–Crippen LogP) is 3.76. The first-order chi connectivity index (χ1) is 15.1. The molecule has 2 aliphatic rings. The highest BCUT2D eigenvalue weighted by atomic mass is 32.2. The molecule has 0 bridgehead atoms. The van der Waals surface area contributed by atoms with Crippen molar-refractivity contribution in [2.75, 3.05) is 5.75 Å². The van der Waals surface area contributed by atoms with Gasteiger partial charge in [-0.05, 0) is 45.1 Å². The molecule has 1 amide bonds. The normalized spacial score (nSPS) is 15.9. The molecule has 1 aromatic carbocycles. The van der Waals surface area contributed by atoms with Gasteiger partial charge < -0.3 is 9.88 Å². The van der Waals surface area contributed by atoms with Crippen molar-refractivity contribution >= 4 is 17.7 Å². The van der Waals surface area contributed by atoms with Crippen molar-refractivity contribution in [1.82, 2.24) is 29.9 Å². The Morgan fingerprint density at radius 3 is 2.61 bits per heavy atom. The lowest BCUT2D eigenvalue weighted by molar-refractivity contribution is -0.118. The van der Waals surface area contributed by atoms with Gasteiger partial charge in [-0.15, -0.1) is 10.2 Å². The van der Waals surface area contributed by atoms with E-state index in [9.17, 15) is 4.79 Å². The third-order valence-corrected chi connectivity index (χ3v) is 6.99. The molecule has 0 radical (unpaired) electrons. The van der Waals surface area contributed by atoms with Crippen LogP contribution in [-0.2, 0) is 17.9 Å². The first-order valence-corrected chi connectivity index (χ1v) is 12.0. The standard InChI is InChI=1S/C23H28N6OS/c1-15-20(16(2)28(27-15)13-17-6-4-3-5-7-17)12-24-21(30)14-31-23-26-25-22(18-8-9-18)29(23)19-10-11-19/h3-7,18-19H,8-14H2,1-2H3,(H,24,30). The molecule has 3 aromatic rings. The molecule has 0 saturated heterocycles. The number of carbonyl (C=O) groups excluding carboxylic acids is 1. The number of carbonyl (C=O) groups is 1. The Morgan fingerprint density at radius 2 is 1.90 bits per heavy atom. The maximum Gasteiger partial charge on any atom is 0.230 e. The van der Waals surface area contributed by atoms with Gasteiger partial charge in [-0.3, -0.25) is 9.48 Å². The summed E-state index contributed by atoms with van der Waals surface area (Å²) in [5.74, 6) is 2.07. The second-order valence-corrected chi connectivity index (χ2v) is 9.52. The van der Waals surface area contributed by atoms with E-state index in [-0.39, 0.29) is 5.91 Å². The first-order valence-electron chi connectivity index (χ1n) is 11.0. The summed E-state index contributed by atoms with van der Waals surface area (Å²) in [5, 5.41) is 17.4. The second kappa shape index (κ2) is 8.49. The summed E-state index contributed by atoms with van der Waals surface area (Å²) in [7, 11) is 0. The number of benzene rings is 1. The van der Waals surface area contributed by atoms with E-state index in [1.165, 1.54) is 43.0 Å². The summed E-state index contributed by atoms with van der Waals surface area (Å²) in [6.45, 7) is 5.30. The van der Waals surface area contributed by atoms with E-state index in [4.69, 9.17) is 0 Å². The minimum atomic E-state index is 0.0120. The van der Waals surface area contributed by atoms with Gasteiger partial charge in [-0.2, -0.15) is 5.10 Å². The van der Waals surface area contributed by atoms with Crippen molar-refractivity contribution in [1.29, 1.82) is 0 Å². The molecule has 2 heterocycles. The predicted molar refractivity (Wildman–Crippen MR) is 120 cm³/mol. The van der Waals surface area contributed by atoms with E-state index in [0.717, 1.165) is 34.5 Å². The smallest absolute Gasteiger partial charge is 0.230 e. The van der Waals surface area contributed by atoms with Crippen molar-refractivity contribution in [3.8, 4) is 0 Å². The van der Waals surface area contributed by atoms with Crippen molar-refractivity contribution in [3.05, 3.63) is 58.7 Å². The number of aryl methyl sites for hydroxylation is 1. The Balaban J connectivity index is 1.18. The molecule has 5 rings (SSSR count). The van der Waals surface area contributed by atoms with Gasteiger partial charge in [0, 0.05) is 29.8 Å². The second-order valence-electron chi connectivity index (χ2n) is 8.57. The summed E-state index contributed by atoms with van der Waals surface area (Å²) in [6.07, 6.45) is 4.82. The summed E-state index contributed by atoms with van der Waals surface area (Å²) < 4.78 is 4.30. The van der Waals surface area contributed by atoms with Crippen molar-refractivity contribution in [2.24, 2.45) is 0 Å². The number of amides is 1. The molecule has 2 aromatic heterocycles.